The van der Waals surface area contributed by atoms with Crippen molar-refractivity contribution in [3.8, 4) is 0 Å². The molecule has 2 N–H and O–H groups in total. The van der Waals surface area contributed by atoms with Gasteiger partial charge in [-0.25, -0.2) is 0 Å². The van der Waals surface area contributed by atoms with Crippen LogP contribution in [0.15, 0.2) is 41.1 Å². The van der Waals surface area contributed by atoms with E-state index in [1.54, 1.807) is 23.5 Å². The standard InChI is InChI=1S/C20H25N3O2S/c1-15-2-4-18(5-3-15)22-20(25)19(24)21-12-16-6-9-23(10-7-16)13-17-8-11-26-14-17/h2-5,8,11,14,16H,6-7,9-10,12-13H2,1H3,(H,21,24)(H,22,25). The molecule has 0 spiro atoms. The molecule has 0 aliphatic carbocycles. The summed E-state index contributed by atoms with van der Waals surface area (Å²) in [7, 11) is 0. The molecule has 0 unspecified atom stereocenters. The van der Waals surface area contributed by atoms with Crippen LogP contribution in [0.5, 0.6) is 0 Å². The van der Waals surface area contributed by atoms with Gasteiger partial charge in [-0.15, -0.1) is 0 Å². The van der Waals surface area contributed by atoms with E-state index >= 15 is 0 Å². The van der Waals surface area contributed by atoms with Crippen LogP contribution in [-0.4, -0.2) is 36.3 Å². The molecule has 3 rings (SSSR count). The second kappa shape index (κ2) is 8.96. The maximum absolute atomic E-state index is 12.0. The Bertz CT molecular complexity index is 720. The summed E-state index contributed by atoms with van der Waals surface area (Å²) < 4.78 is 0. The number of carbonyl (C=O) groups excluding carboxylic acids is 2. The minimum absolute atomic E-state index is 0.435. The van der Waals surface area contributed by atoms with Crippen molar-refractivity contribution in [2.75, 3.05) is 25.0 Å². The normalized spacial score (nSPS) is 15.6. The fraction of sp³-hybridized carbons (Fsp3) is 0.400. The summed E-state index contributed by atoms with van der Waals surface area (Å²) in [5, 5.41) is 9.71. The number of rotatable bonds is 5. The summed E-state index contributed by atoms with van der Waals surface area (Å²) in [6, 6.07) is 9.56. The third-order valence-corrected chi connectivity index (χ3v) is 5.49. The van der Waals surface area contributed by atoms with Gasteiger partial charge in [0.1, 0.15) is 0 Å². The Morgan fingerprint density at radius 3 is 2.50 bits per heavy atom. The lowest BCUT2D eigenvalue weighted by molar-refractivity contribution is -0.136. The van der Waals surface area contributed by atoms with E-state index < -0.39 is 11.8 Å². The van der Waals surface area contributed by atoms with Gasteiger partial charge in [0.2, 0.25) is 0 Å². The van der Waals surface area contributed by atoms with E-state index in [9.17, 15) is 9.59 Å². The number of nitrogens with zero attached hydrogens (tertiary/aromatic N) is 1. The van der Waals surface area contributed by atoms with Gasteiger partial charge in [-0.3, -0.25) is 14.5 Å². The average molecular weight is 372 g/mol. The smallest absolute Gasteiger partial charge is 0.313 e. The molecule has 0 radical (unpaired) electrons. The van der Waals surface area contributed by atoms with Gasteiger partial charge in [-0.2, -0.15) is 11.3 Å². The zero-order valence-corrected chi connectivity index (χ0v) is 15.8. The first-order chi connectivity index (χ1) is 12.6. The van der Waals surface area contributed by atoms with E-state index in [4.69, 9.17) is 0 Å². The molecule has 26 heavy (non-hydrogen) atoms. The van der Waals surface area contributed by atoms with Crippen molar-refractivity contribution in [2.24, 2.45) is 5.92 Å². The Balaban J connectivity index is 1.36. The number of carbonyl (C=O) groups is 2. The number of thiophene rings is 1. The number of aryl methyl sites for hydroxylation is 1. The SMILES string of the molecule is Cc1ccc(NC(=O)C(=O)NCC2CCN(Cc3ccsc3)CC2)cc1. The molecule has 0 atom stereocenters. The minimum atomic E-state index is -0.608. The van der Waals surface area contributed by atoms with E-state index in [1.807, 2.05) is 19.1 Å². The number of nitrogens with one attached hydrogen (secondary N) is 2. The van der Waals surface area contributed by atoms with Crippen LogP contribution in [-0.2, 0) is 16.1 Å². The van der Waals surface area contributed by atoms with E-state index in [2.05, 4.69) is 32.4 Å². The second-order valence-electron chi connectivity index (χ2n) is 6.88. The number of anilines is 1. The molecule has 1 aliphatic rings. The first-order valence-electron chi connectivity index (χ1n) is 8.99. The lowest BCUT2D eigenvalue weighted by Crippen LogP contribution is -2.41. The van der Waals surface area contributed by atoms with Gasteiger partial charge in [-0.05, 0) is 73.3 Å². The molecule has 5 nitrogen and oxygen atoms in total. The van der Waals surface area contributed by atoms with Crippen LogP contribution >= 0.6 is 11.3 Å². The zero-order valence-electron chi connectivity index (χ0n) is 15.0. The molecule has 1 aliphatic heterocycles. The Labute approximate surface area is 158 Å². The molecule has 2 aromatic rings. The molecule has 1 fully saturated rings. The van der Waals surface area contributed by atoms with Crippen LogP contribution in [0.25, 0.3) is 0 Å². The topological polar surface area (TPSA) is 61.4 Å². The van der Waals surface area contributed by atoms with Crippen molar-refractivity contribution in [1.29, 1.82) is 0 Å². The summed E-state index contributed by atoms with van der Waals surface area (Å²) in [6.45, 7) is 5.61. The summed E-state index contributed by atoms with van der Waals surface area (Å²) in [6.07, 6.45) is 2.09. The molecule has 1 aromatic heterocycles. The fourth-order valence-corrected chi connectivity index (χ4v) is 3.79. The Hall–Kier alpha value is -2.18. The molecule has 1 aromatic carbocycles. The number of hydrogen-bond acceptors (Lipinski definition) is 4. The van der Waals surface area contributed by atoms with Crippen molar-refractivity contribution >= 4 is 28.8 Å². The van der Waals surface area contributed by atoms with Crippen molar-refractivity contribution in [3.63, 3.8) is 0 Å². The van der Waals surface area contributed by atoms with Gasteiger partial charge in [0.05, 0.1) is 0 Å². The van der Waals surface area contributed by atoms with E-state index in [0.717, 1.165) is 38.0 Å². The predicted molar refractivity (Wildman–Crippen MR) is 105 cm³/mol. The maximum atomic E-state index is 12.0. The monoisotopic (exact) mass is 371 g/mol. The van der Waals surface area contributed by atoms with Gasteiger partial charge in [-0.1, -0.05) is 17.7 Å². The third kappa shape index (κ3) is 5.41. The molecule has 2 heterocycles. The second-order valence-corrected chi connectivity index (χ2v) is 7.66. The van der Waals surface area contributed by atoms with Gasteiger partial charge >= 0.3 is 11.8 Å². The van der Waals surface area contributed by atoms with Crippen molar-refractivity contribution < 1.29 is 9.59 Å². The maximum Gasteiger partial charge on any atom is 0.313 e. The van der Waals surface area contributed by atoms with Crippen LogP contribution in [0.1, 0.15) is 24.0 Å². The van der Waals surface area contributed by atoms with Gasteiger partial charge in [0, 0.05) is 18.8 Å². The van der Waals surface area contributed by atoms with Crippen molar-refractivity contribution in [1.82, 2.24) is 10.2 Å². The molecule has 6 heteroatoms. The van der Waals surface area contributed by atoms with E-state index in [0.29, 0.717) is 18.2 Å². The van der Waals surface area contributed by atoms with Crippen LogP contribution in [0.3, 0.4) is 0 Å². The van der Waals surface area contributed by atoms with Crippen molar-refractivity contribution in [3.05, 3.63) is 52.2 Å². The van der Waals surface area contributed by atoms with Crippen LogP contribution in [0.2, 0.25) is 0 Å². The molecule has 0 saturated carbocycles. The lowest BCUT2D eigenvalue weighted by atomic mass is 9.96. The van der Waals surface area contributed by atoms with E-state index in [-0.39, 0.29) is 0 Å². The first kappa shape index (κ1) is 18.6. The highest BCUT2D eigenvalue weighted by atomic mass is 32.1. The number of piperidine rings is 1. The van der Waals surface area contributed by atoms with Gasteiger partial charge < -0.3 is 10.6 Å². The highest BCUT2D eigenvalue weighted by molar-refractivity contribution is 7.07. The summed E-state index contributed by atoms with van der Waals surface area (Å²) in [5.74, 6) is -0.736. The number of likely N-dealkylation sites (tertiary alicyclic amines) is 1. The molecule has 138 valence electrons. The number of amides is 2. The fourth-order valence-electron chi connectivity index (χ4n) is 3.13. The predicted octanol–water partition coefficient (Wildman–Crippen LogP) is 3.02. The molecule has 0 bridgehead atoms. The van der Waals surface area contributed by atoms with Gasteiger partial charge in [0.25, 0.3) is 0 Å². The largest absolute Gasteiger partial charge is 0.348 e. The van der Waals surface area contributed by atoms with Crippen LogP contribution < -0.4 is 10.6 Å². The lowest BCUT2D eigenvalue weighted by Gasteiger charge is -2.31. The molecular weight excluding hydrogens is 346 g/mol. The summed E-state index contributed by atoms with van der Waals surface area (Å²) >= 11 is 1.73. The first-order valence-corrected chi connectivity index (χ1v) is 9.94. The zero-order chi connectivity index (χ0) is 18.4. The molecule has 1 saturated heterocycles. The van der Waals surface area contributed by atoms with Gasteiger partial charge in [0.15, 0.2) is 0 Å². The summed E-state index contributed by atoms with van der Waals surface area (Å²) in [4.78, 5) is 26.4. The quantitative estimate of drug-likeness (QED) is 0.794. The minimum Gasteiger partial charge on any atom is -0.348 e. The highest BCUT2D eigenvalue weighted by Crippen LogP contribution is 2.19. The number of benzene rings is 1. The third-order valence-electron chi connectivity index (χ3n) is 4.76. The Morgan fingerprint density at radius 1 is 1.12 bits per heavy atom. The highest BCUT2D eigenvalue weighted by Gasteiger charge is 2.21. The Kier molecular flexibility index (Phi) is 6.41. The molecule has 2 amide bonds. The van der Waals surface area contributed by atoms with Crippen LogP contribution in [0, 0.1) is 12.8 Å². The average Bonchev–Trinajstić information content (AvgIpc) is 3.16. The van der Waals surface area contributed by atoms with Crippen molar-refractivity contribution in [2.45, 2.75) is 26.3 Å². The van der Waals surface area contributed by atoms with Crippen LogP contribution in [0.4, 0.5) is 5.69 Å². The van der Waals surface area contributed by atoms with E-state index in [1.165, 1.54) is 5.56 Å². The molecular formula is C20H25N3O2S. The summed E-state index contributed by atoms with van der Waals surface area (Å²) in [5.41, 5.74) is 3.12. The Morgan fingerprint density at radius 2 is 1.85 bits per heavy atom. The number of hydrogen-bond donors (Lipinski definition) is 2.